The summed E-state index contributed by atoms with van der Waals surface area (Å²) in [5.74, 6) is 1.71. The van der Waals surface area contributed by atoms with Crippen LogP contribution < -0.4 is 0 Å². The van der Waals surface area contributed by atoms with E-state index in [1.165, 1.54) is 38.5 Å². The van der Waals surface area contributed by atoms with Gasteiger partial charge in [-0.15, -0.1) is 0 Å². The molecule has 0 N–H and O–H groups in total. The topological polar surface area (TPSA) is 58.9 Å². The van der Waals surface area contributed by atoms with Gasteiger partial charge in [-0.1, -0.05) is 12.8 Å². The fraction of sp³-hybridized carbons (Fsp3) is 0.882. The van der Waals surface area contributed by atoms with E-state index in [4.69, 9.17) is 0 Å². The largest absolute Gasteiger partial charge is 0.235 e. The van der Waals surface area contributed by atoms with E-state index in [-0.39, 0.29) is 6.04 Å². The molecule has 21 heavy (non-hydrogen) atoms. The molecular formula is C17H26N2O2. The summed E-state index contributed by atoms with van der Waals surface area (Å²) in [5.41, 5.74) is 0.436. The zero-order valence-corrected chi connectivity index (χ0v) is 13.0. The second-order valence-corrected chi connectivity index (χ2v) is 7.00. The van der Waals surface area contributed by atoms with Crippen molar-refractivity contribution in [2.45, 2.75) is 70.8 Å². The number of aliphatic imine (C=N–C) groups is 2. The monoisotopic (exact) mass is 290 g/mol. The van der Waals surface area contributed by atoms with Crippen LogP contribution in [-0.2, 0) is 9.59 Å². The van der Waals surface area contributed by atoms with Crippen LogP contribution in [0.5, 0.6) is 0 Å². The van der Waals surface area contributed by atoms with Crippen molar-refractivity contribution in [1.82, 2.24) is 0 Å². The normalized spacial score (nSPS) is 31.5. The molecule has 0 saturated heterocycles. The van der Waals surface area contributed by atoms with Crippen molar-refractivity contribution in [2.75, 3.05) is 6.54 Å². The molecule has 4 heteroatoms. The third-order valence-electron chi connectivity index (χ3n) is 5.59. The van der Waals surface area contributed by atoms with Crippen LogP contribution in [-0.4, -0.2) is 24.7 Å². The number of carbonyl (C=O) groups excluding carboxylic acids is 2. The highest BCUT2D eigenvalue weighted by Gasteiger charge is 2.51. The van der Waals surface area contributed by atoms with Crippen LogP contribution >= 0.6 is 0 Å². The second kappa shape index (κ2) is 7.68. The van der Waals surface area contributed by atoms with E-state index in [0.717, 1.165) is 31.1 Å². The van der Waals surface area contributed by atoms with Crippen molar-refractivity contribution >= 4 is 12.2 Å². The first-order valence-electron chi connectivity index (χ1n) is 8.31. The average Bonchev–Trinajstić information content (AvgIpc) is 3.00. The van der Waals surface area contributed by atoms with Crippen LogP contribution in [0, 0.1) is 17.3 Å². The SMILES string of the molecule is CC(CC12CCC(CC1CCCCCN=C=O)C2)N=C=O. The Morgan fingerprint density at radius 2 is 2.10 bits per heavy atom. The third-order valence-corrected chi connectivity index (χ3v) is 5.59. The lowest BCUT2D eigenvalue weighted by molar-refractivity contribution is 0.146. The van der Waals surface area contributed by atoms with Crippen LogP contribution in [0.15, 0.2) is 9.98 Å². The van der Waals surface area contributed by atoms with Crippen molar-refractivity contribution in [3.8, 4) is 0 Å². The number of unbranched alkanes of at least 4 members (excludes halogenated alkanes) is 2. The summed E-state index contributed by atoms with van der Waals surface area (Å²) < 4.78 is 0. The Labute approximate surface area is 127 Å². The molecule has 0 amide bonds. The third kappa shape index (κ3) is 4.12. The van der Waals surface area contributed by atoms with Crippen LogP contribution in [0.1, 0.15) is 64.7 Å². The number of rotatable bonds is 9. The van der Waals surface area contributed by atoms with Gasteiger partial charge in [0, 0.05) is 0 Å². The Balaban J connectivity index is 1.81. The van der Waals surface area contributed by atoms with E-state index >= 15 is 0 Å². The molecule has 2 aliphatic rings. The molecular weight excluding hydrogens is 264 g/mol. The molecule has 2 fully saturated rings. The molecule has 0 aromatic carbocycles. The molecule has 4 unspecified atom stereocenters. The van der Waals surface area contributed by atoms with Gasteiger partial charge in [-0.3, -0.25) is 0 Å². The highest BCUT2D eigenvalue weighted by atomic mass is 16.1. The fourth-order valence-corrected chi connectivity index (χ4v) is 4.80. The molecule has 0 spiro atoms. The van der Waals surface area contributed by atoms with Gasteiger partial charge in [0.25, 0.3) is 0 Å². The summed E-state index contributed by atoms with van der Waals surface area (Å²) in [6.07, 6.45) is 14.4. The van der Waals surface area contributed by atoms with Gasteiger partial charge < -0.3 is 0 Å². The number of isocyanates is 2. The maximum atomic E-state index is 10.4. The van der Waals surface area contributed by atoms with Crippen molar-refractivity contribution in [3.63, 3.8) is 0 Å². The number of fused-ring (bicyclic) bond motifs is 2. The Bertz CT molecular complexity index is 438. The van der Waals surface area contributed by atoms with Gasteiger partial charge in [0.2, 0.25) is 12.2 Å². The molecule has 4 atom stereocenters. The first-order chi connectivity index (χ1) is 10.2. The summed E-state index contributed by atoms with van der Waals surface area (Å²) in [4.78, 5) is 28.0. The standard InChI is InChI=1S/C17H26N2O2/c1-14(19-13-21)10-17-7-6-15(11-17)9-16(17)5-3-2-4-8-18-12-20/h14-16H,2-11H2,1H3. The molecule has 2 aliphatic carbocycles. The minimum atomic E-state index is 0.115. The molecule has 0 heterocycles. The Morgan fingerprint density at radius 1 is 1.24 bits per heavy atom. The zero-order valence-electron chi connectivity index (χ0n) is 13.0. The molecule has 4 nitrogen and oxygen atoms in total. The van der Waals surface area contributed by atoms with Crippen LogP contribution in [0.25, 0.3) is 0 Å². The predicted octanol–water partition coefficient (Wildman–Crippen LogP) is 3.80. The summed E-state index contributed by atoms with van der Waals surface area (Å²) in [5, 5.41) is 0. The number of nitrogens with zero attached hydrogens (tertiary/aromatic N) is 2. The summed E-state index contributed by atoms with van der Waals surface area (Å²) in [6.45, 7) is 2.66. The predicted molar refractivity (Wildman–Crippen MR) is 81.5 cm³/mol. The molecule has 116 valence electrons. The van der Waals surface area contributed by atoms with Gasteiger partial charge in [-0.25, -0.2) is 19.6 Å². The molecule has 0 aliphatic heterocycles. The molecule has 0 aromatic heterocycles. The number of hydrogen-bond donors (Lipinski definition) is 0. The van der Waals surface area contributed by atoms with Crippen molar-refractivity contribution in [3.05, 3.63) is 0 Å². The van der Waals surface area contributed by atoms with E-state index < -0.39 is 0 Å². The second-order valence-electron chi connectivity index (χ2n) is 7.00. The Morgan fingerprint density at radius 3 is 2.81 bits per heavy atom. The summed E-state index contributed by atoms with van der Waals surface area (Å²) in [6, 6.07) is 0.115. The maximum absolute atomic E-state index is 10.4. The number of hydrogen-bond acceptors (Lipinski definition) is 4. The first kappa shape index (κ1) is 16.1. The highest BCUT2D eigenvalue weighted by molar-refractivity contribution is 5.33. The Kier molecular flexibility index (Phi) is 5.90. The lowest BCUT2D eigenvalue weighted by atomic mass is 9.69. The van der Waals surface area contributed by atoms with E-state index in [0.29, 0.717) is 12.0 Å². The van der Waals surface area contributed by atoms with Gasteiger partial charge in [0.05, 0.1) is 12.6 Å². The van der Waals surface area contributed by atoms with Gasteiger partial charge in [0.15, 0.2) is 0 Å². The highest BCUT2D eigenvalue weighted by Crippen LogP contribution is 2.61. The van der Waals surface area contributed by atoms with E-state index in [1.807, 2.05) is 6.92 Å². The van der Waals surface area contributed by atoms with Gasteiger partial charge in [-0.2, -0.15) is 0 Å². The zero-order chi connectivity index (χ0) is 15.1. The lowest BCUT2D eigenvalue weighted by Crippen LogP contribution is -2.28. The van der Waals surface area contributed by atoms with Gasteiger partial charge in [-0.05, 0) is 69.1 Å². The van der Waals surface area contributed by atoms with Crippen molar-refractivity contribution < 1.29 is 9.59 Å². The van der Waals surface area contributed by atoms with E-state index in [2.05, 4.69) is 9.98 Å². The smallest absolute Gasteiger partial charge is 0.211 e. The maximum Gasteiger partial charge on any atom is 0.235 e. The Hall–Kier alpha value is -1.24. The minimum Gasteiger partial charge on any atom is -0.211 e. The van der Waals surface area contributed by atoms with E-state index in [1.54, 1.807) is 12.2 Å². The van der Waals surface area contributed by atoms with Crippen molar-refractivity contribution in [1.29, 1.82) is 0 Å². The average molecular weight is 290 g/mol. The van der Waals surface area contributed by atoms with Gasteiger partial charge in [0.1, 0.15) is 0 Å². The van der Waals surface area contributed by atoms with Crippen LogP contribution in [0.2, 0.25) is 0 Å². The van der Waals surface area contributed by atoms with Crippen LogP contribution in [0.3, 0.4) is 0 Å². The molecule has 2 rings (SSSR count). The molecule has 0 radical (unpaired) electrons. The summed E-state index contributed by atoms with van der Waals surface area (Å²) >= 11 is 0. The first-order valence-corrected chi connectivity index (χ1v) is 8.31. The lowest BCUT2D eigenvalue weighted by Gasteiger charge is -2.36. The van der Waals surface area contributed by atoms with Crippen molar-refractivity contribution in [2.24, 2.45) is 27.2 Å². The minimum absolute atomic E-state index is 0.115. The fourth-order valence-electron chi connectivity index (χ4n) is 4.80. The van der Waals surface area contributed by atoms with Gasteiger partial charge >= 0.3 is 0 Å². The summed E-state index contributed by atoms with van der Waals surface area (Å²) in [7, 11) is 0. The van der Waals surface area contributed by atoms with Crippen LogP contribution in [0.4, 0.5) is 0 Å². The molecule has 2 bridgehead atoms. The molecule has 2 saturated carbocycles. The van der Waals surface area contributed by atoms with E-state index in [9.17, 15) is 9.59 Å². The molecule has 0 aromatic rings. The quantitative estimate of drug-likeness (QED) is 0.368.